The number of allylic oxidation sites excluding steroid dienone is 2. The minimum absolute atomic E-state index is 0.226. The second-order valence-corrected chi connectivity index (χ2v) is 1.36. The Kier molecular flexibility index (Phi) is 5.40. The molecule has 0 rings (SSSR count). The van der Waals surface area contributed by atoms with Crippen LogP contribution in [0.3, 0.4) is 0 Å². The molecule has 0 atom stereocenters. The first-order valence-electron chi connectivity index (χ1n) is 2.62. The van der Waals surface area contributed by atoms with Gasteiger partial charge in [-0.05, 0) is 12.8 Å². The number of rotatable bonds is 3. The first kappa shape index (κ1) is 6.67. The van der Waals surface area contributed by atoms with Gasteiger partial charge in [-0.3, -0.25) is 4.39 Å². The van der Waals surface area contributed by atoms with E-state index in [0.29, 0.717) is 6.42 Å². The molecule has 42 valence electrons. The Hall–Kier alpha value is -0.330. The van der Waals surface area contributed by atoms with Crippen molar-refractivity contribution in [3.8, 4) is 0 Å². The van der Waals surface area contributed by atoms with E-state index in [1.54, 1.807) is 0 Å². The molecule has 0 saturated carbocycles. The van der Waals surface area contributed by atoms with E-state index in [1.807, 2.05) is 19.1 Å². The third-order valence-electron chi connectivity index (χ3n) is 0.678. The third kappa shape index (κ3) is 5.67. The average Bonchev–Trinajstić information content (AvgIpc) is 1.69. The Morgan fingerprint density at radius 3 is 2.57 bits per heavy atom. The van der Waals surface area contributed by atoms with E-state index in [0.717, 1.165) is 6.42 Å². The monoisotopic (exact) mass is 102 g/mol. The van der Waals surface area contributed by atoms with Crippen molar-refractivity contribution in [3.63, 3.8) is 0 Å². The molecule has 7 heavy (non-hydrogen) atoms. The number of halogens is 1. The molecule has 0 aliphatic rings. The van der Waals surface area contributed by atoms with Crippen molar-refractivity contribution in [1.82, 2.24) is 0 Å². The lowest BCUT2D eigenvalue weighted by molar-refractivity contribution is 0.501. The summed E-state index contributed by atoms with van der Waals surface area (Å²) in [6, 6.07) is 0. The molecule has 0 radical (unpaired) electrons. The van der Waals surface area contributed by atoms with Crippen molar-refractivity contribution >= 4 is 0 Å². The van der Waals surface area contributed by atoms with Crippen LogP contribution >= 0.6 is 0 Å². The van der Waals surface area contributed by atoms with Crippen LogP contribution in [0, 0.1) is 0 Å². The summed E-state index contributed by atoms with van der Waals surface area (Å²) in [6.07, 6.45) is 5.42. The molecular formula is C6H11F. The molecule has 0 aromatic carbocycles. The lowest BCUT2D eigenvalue weighted by Gasteiger charge is -1.77. The minimum Gasteiger partial charge on any atom is -0.251 e. The smallest absolute Gasteiger partial charge is 0.0928 e. The Balaban J connectivity index is 2.78. The highest BCUT2D eigenvalue weighted by Crippen LogP contribution is 1.85. The van der Waals surface area contributed by atoms with Crippen LogP contribution in [0.2, 0.25) is 0 Å². The van der Waals surface area contributed by atoms with Crippen molar-refractivity contribution in [2.75, 3.05) is 6.67 Å². The van der Waals surface area contributed by atoms with Gasteiger partial charge in [0.25, 0.3) is 0 Å². The van der Waals surface area contributed by atoms with Gasteiger partial charge in [0.05, 0.1) is 6.67 Å². The van der Waals surface area contributed by atoms with Gasteiger partial charge in [0.1, 0.15) is 0 Å². The summed E-state index contributed by atoms with van der Waals surface area (Å²) in [7, 11) is 0. The summed E-state index contributed by atoms with van der Waals surface area (Å²) in [5, 5.41) is 0. The zero-order valence-electron chi connectivity index (χ0n) is 4.65. The maximum Gasteiger partial charge on any atom is 0.0928 e. The fraction of sp³-hybridized carbons (Fsp3) is 0.667. The van der Waals surface area contributed by atoms with Gasteiger partial charge in [-0.1, -0.05) is 19.1 Å². The minimum atomic E-state index is -0.226. The molecule has 0 spiro atoms. The Labute approximate surface area is 44.0 Å². The van der Waals surface area contributed by atoms with Crippen LogP contribution in [0.5, 0.6) is 0 Å². The van der Waals surface area contributed by atoms with Crippen LogP contribution < -0.4 is 0 Å². The van der Waals surface area contributed by atoms with Crippen molar-refractivity contribution in [1.29, 1.82) is 0 Å². The van der Waals surface area contributed by atoms with E-state index < -0.39 is 0 Å². The van der Waals surface area contributed by atoms with Gasteiger partial charge in [0, 0.05) is 0 Å². The molecule has 0 aromatic heterocycles. The highest BCUT2D eigenvalue weighted by Gasteiger charge is 1.71. The van der Waals surface area contributed by atoms with Gasteiger partial charge in [-0.15, -0.1) is 0 Å². The van der Waals surface area contributed by atoms with Crippen LogP contribution in [0.1, 0.15) is 19.8 Å². The van der Waals surface area contributed by atoms with Crippen molar-refractivity contribution in [2.24, 2.45) is 0 Å². The lowest BCUT2D eigenvalue weighted by atomic mass is 10.3. The summed E-state index contributed by atoms with van der Waals surface area (Å²) < 4.78 is 11.3. The largest absolute Gasteiger partial charge is 0.251 e. The highest BCUT2D eigenvalue weighted by atomic mass is 19.1. The van der Waals surface area contributed by atoms with E-state index in [-0.39, 0.29) is 6.67 Å². The van der Waals surface area contributed by atoms with E-state index in [2.05, 4.69) is 0 Å². The van der Waals surface area contributed by atoms with Crippen LogP contribution in [0.25, 0.3) is 0 Å². The third-order valence-corrected chi connectivity index (χ3v) is 0.678. The molecule has 0 aliphatic carbocycles. The number of hydrogen-bond donors (Lipinski definition) is 0. The number of hydrogen-bond acceptors (Lipinski definition) is 0. The second kappa shape index (κ2) is 5.67. The Morgan fingerprint density at radius 2 is 2.14 bits per heavy atom. The fourth-order valence-corrected chi connectivity index (χ4v) is 0.348. The van der Waals surface area contributed by atoms with Crippen LogP contribution in [0.15, 0.2) is 12.2 Å². The quantitative estimate of drug-likeness (QED) is 0.480. The van der Waals surface area contributed by atoms with E-state index >= 15 is 0 Å². The summed E-state index contributed by atoms with van der Waals surface area (Å²) in [6.45, 7) is 1.81. The molecule has 0 saturated heterocycles. The molecule has 0 aliphatic heterocycles. The van der Waals surface area contributed by atoms with Crippen molar-refractivity contribution in [2.45, 2.75) is 19.8 Å². The fourth-order valence-electron chi connectivity index (χ4n) is 0.348. The molecule has 0 amide bonds. The molecule has 0 unspecified atom stereocenters. The predicted molar refractivity (Wildman–Crippen MR) is 30.0 cm³/mol. The summed E-state index contributed by atoms with van der Waals surface area (Å²) >= 11 is 0. The van der Waals surface area contributed by atoms with Crippen LogP contribution in [0.4, 0.5) is 4.39 Å². The average molecular weight is 102 g/mol. The lowest BCUT2D eigenvalue weighted by Crippen LogP contribution is -1.65. The van der Waals surface area contributed by atoms with E-state index in [9.17, 15) is 4.39 Å². The van der Waals surface area contributed by atoms with Crippen molar-refractivity contribution in [3.05, 3.63) is 12.2 Å². The summed E-state index contributed by atoms with van der Waals surface area (Å²) in [5.41, 5.74) is 0. The first-order chi connectivity index (χ1) is 3.41. The number of alkyl halides is 1. The SMILES string of the molecule is CCC=CCCF. The van der Waals surface area contributed by atoms with Gasteiger partial charge in [0.15, 0.2) is 0 Å². The van der Waals surface area contributed by atoms with Crippen LogP contribution in [-0.2, 0) is 0 Å². The molecule has 0 bridgehead atoms. The summed E-state index contributed by atoms with van der Waals surface area (Å²) in [5.74, 6) is 0. The molecule has 0 nitrogen and oxygen atoms in total. The van der Waals surface area contributed by atoms with Gasteiger partial charge < -0.3 is 0 Å². The maximum absolute atomic E-state index is 11.3. The zero-order chi connectivity index (χ0) is 5.54. The van der Waals surface area contributed by atoms with Gasteiger partial charge >= 0.3 is 0 Å². The molecule has 0 heterocycles. The first-order valence-corrected chi connectivity index (χ1v) is 2.62. The topological polar surface area (TPSA) is 0 Å². The molecule has 0 fully saturated rings. The second-order valence-electron chi connectivity index (χ2n) is 1.36. The zero-order valence-corrected chi connectivity index (χ0v) is 4.65. The van der Waals surface area contributed by atoms with Gasteiger partial charge in [-0.25, -0.2) is 0 Å². The predicted octanol–water partition coefficient (Wildman–Crippen LogP) is 2.31. The normalized spacial score (nSPS) is 10.6. The molecular weight excluding hydrogens is 91.1 g/mol. The molecule has 0 N–H and O–H groups in total. The van der Waals surface area contributed by atoms with Gasteiger partial charge in [-0.2, -0.15) is 0 Å². The standard InChI is InChI=1S/C6H11F/c1-2-3-4-5-6-7/h3-4H,2,5-6H2,1H3. The van der Waals surface area contributed by atoms with Gasteiger partial charge in [0.2, 0.25) is 0 Å². The van der Waals surface area contributed by atoms with E-state index in [1.165, 1.54) is 0 Å². The Morgan fingerprint density at radius 1 is 1.43 bits per heavy atom. The highest BCUT2D eigenvalue weighted by molar-refractivity contribution is 4.79. The Bertz CT molecular complexity index is 48.1. The maximum atomic E-state index is 11.3. The van der Waals surface area contributed by atoms with Crippen LogP contribution in [-0.4, -0.2) is 6.67 Å². The van der Waals surface area contributed by atoms with E-state index in [4.69, 9.17) is 0 Å². The molecule has 0 aromatic rings. The molecule has 1 heteroatoms. The summed E-state index contributed by atoms with van der Waals surface area (Å²) in [4.78, 5) is 0. The van der Waals surface area contributed by atoms with Crippen molar-refractivity contribution < 1.29 is 4.39 Å².